The minimum Gasteiger partial charge on any atom is -0.437 e. The van der Waals surface area contributed by atoms with Crippen molar-refractivity contribution in [3.8, 4) is 11.6 Å². The van der Waals surface area contributed by atoms with Crippen molar-refractivity contribution >= 4 is 5.69 Å². The number of nitrogens with two attached hydrogens (primary N) is 1. The molecular formula is C14H19N3O2. The molecule has 2 aromatic rings. The second-order valence-electron chi connectivity index (χ2n) is 4.79. The van der Waals surface area contributed by atoms with Gasteiger partial charge in [-0.1, -0.05) is 26.0 Å². The van der Waals surface area contributed by atoms with Crippen molar-refractivity contribution in [2.45, 2.75) is 26.4 Å². The third-order valence-electron chi connectivity index (χ3n) is 2.90. The van der Waals surface area contributed by atoms with E-state index in [2.05, 4.69) is 5.10 Å². The smallest absolute Gasteiger partial charge is 0.241 e. The summed E-state index contributed by atoms with van der Waals surface area (Å²) in [7, 11) is 1.80. The Hall–Kier alpha value is -2.01. The third-order valence-corrected chi connectivity index (χ3v) is 2.90. The van der Waals surface area contributed by atoms with Gasteiger partial charge in [0.15, 0.2) is 0 Å². The van der Waals surface area contributed by atoms with Crippen LogP contribution >= 0.6 is 0 Å². The van der Waals surface area contributed by atoms with Gasteiger partial charge in [-0.2, -0.15) is 5.10 Å². The van der Waals surface area contributed by atoms with Crippen LogP contribution in [0, 0.1) is 0 Å². The highest BCUT2D eigenvalue weighted by Crippen LogP contribution is 2.33. The maximum Gasteiger partial charge on any atom is 0.241 e. The van der Waals surface area contributed by atoms with Gasteiger partial charge in [-0.05, 0) is 23.6 Å². The van der Waals surface area contributed by atoms with Gasteiger partial charge in [0.2, 0.25) is 5.88 Å². The molecule has 5 nitrogen and oxygen atoms in total. The second-order valence-corrected chi connectivity index (χ2v) is 4.79. The van der Waals surface area contributed by atoms with E-state index in [4.69, 9.17) is 15.6 Å². The molecule has 0 aliphatic rings. The molecule has 2 rings (SSSR count). The van der Waals surface area contributed by atoms with Crippen LogP contribution < -0.4 is 10.5 Å². The SMILES string of the molecule is CC(C)c1nn(C)c(Oc2cccc(CO)c2)c1N. The molecule has 0 radical (unpaired) electrons. The number of rotatable bonds is 4. The molecule has 3 N–H and O–H groups in total. The number of hydrogen-bond donors (Lipinski definition) is 2. The number of ether oxygens (including phenoxy) is 1. The van der Waals surface area contributed by atoms with Crippen molar-refractivity contribution in [3.63, 3.8) is 0 Å². The molecule has 0 saturated heterocycles. The van der Waals surface area contributed by atoms with Crippen LogP contribution in [0.4, 0.5) is 5.69 Å². The number of hydrogen-bond acceptors (Lipinski definition) is 4. The second kappa shape index (κ2) is 5.32. The molecule has 5 heteroatoms. The lowest BCUT2D eigenvalue weighted by Crippen LogP contribution is -1.97. The monoisotopic (exact) mass is 261 g/mol. The first kappa shape index (κ1) is 13.4. The average molecular weight is 261 g/mol. The lowest BCUT2D eigenvalue weighted by molar-refractivity contribution is 0.281. The van der Waals surface area contributed by atoms with Crippen LogP contribution in [-0.2, 0) is 13.7 Å². The first-order valence-electron chi connectivity index (χ1n) is 6.23. The molecule has 19 heavy (non-hydrogen) atoms. The van der Waals surface area contributed by atoms with E-state index in [9.17, 15) is 0 Å². The molecule has 0 bridgehead atoms. The average Bonchev–Trinajstić information content (AvgIpc) is 2.67. The topological polar surface area (TPSA) is 73.3 Å². The van der Waals surface area contributed by atoms with Gasteiger partial charge in [0.1, 0.15) is 11.4 Å². The number of aromatic nitrogens is 2. The van der Waals surface area contributed by atoms with Gasteiger partial charge in [-0.3, -0.25) is 0 Å². The zero-order valence-electron chi connectivity index (χ0n) is 11.4. The van der Waals surface area contributed by atoms with Crippen LogP contribution in [0.1, 0.15) is 31.0 Å². The summed E-state index contributed by atoms with van der Waals surface area (Å²) in [5, 5.41) is 13.5. The molecular weight excluding hydrogens is 242 g/mol. The number of benzene rings is 1. The molecule has 1 heterocycles. The highest BCUT2D eigenvalue weighted by Gasteiger charge is 2.17. The van der Waals surface area contributed by atoms with E-state index in [1.807, 2.05) is 32.0 Å². The molecule has 1 aromatic heterocycles. The van der Waals surface area contributed by atoms with E-state index in [0.717, 1.165) is 11.3 Å². The highest BCUT2D eigenvalue weighted by molar-refractivity contribution is 5.55. The number of nitrogens with zero attached hydrogens (tertiary/aromatic N) is 2. The fraction of sp³-hybridized carbons (Fsp3) is 0.357. The summed E-state index contributed by atoms with van der Waals surface area (Å²) in [6, 6.07) is 7.26. The van der Waals surface area contributed by atoms with Crippen molar-refractivity contribution in [2.24, 2.45) is 7.05 Å². The fourth-order valence-corrected chi connectivity index (χ4v) is 1.91. The van der Waals surface area contributed by atoms with Crippen molar-refractivity contribution in [1.29, 1.82) is 0 Å². The largest absolute Gasteiger partial charge is 0.437 e. The Morgan fingerprint density at radius 2 is 2.16 bits per heavy atom. The summed E-state index contributed by atoms with van der Waals surface area (Å²) in [6.07, 6.45) is 0. The van der Waals surface area contributed by atoms with Crippen LogP contribution in [0.5, 0.6) is 11.6 Å². The lowest BCUT2D eigenvalue weighted by atomic mass is 10.1. The predicted molar refractivity (Wildman–Crippen MR) is 74.1 cm³/mol. The molecule has 0 saturated carbocycles. The van der Waals surface area contributed by atoms with Crippen LogP contribution in [0.2, 0.25) is 0 Å². The Balaban J connectivity index is 2.32. The Labute approximate surface area is 112 Å². The lowest BCUT2D eigenvalue weighted by Gasteiger charge is -2.08. The molecule has 0 amide bonds. The van der Waals surface area contributed by atoms with E-state index in [-0.39, 0.29) is 12.5 Å². The van der Waals surface area contributed by atoms with Gasteiger partial charge in [0.05, 0.1) is 12.3 Å². The number of aryl methyl sites for hydroxylation is 1. The normalized spacial score (nSPS) is 11.0. The first-order chi connectivity index (χ1) is 9.02. The summed E-state index contributed by atoms with van der Waals surface area (Å²) < 4.78 is 7.41. The third kappa shape index (κ3) is 2.71. The summed E-state index contributed by atoms with van der Waals surface area (Å²) in [6.45, 7) is 4.05. The summed E-state index contributed by atoms with van der Waals surface area (Å²) in [5.41, 5.74) is 8.25. The highest BCUT2D eigenvalue weighted by atomic mass is 16.5. The number of nitrogen functional groups attached to an aromatic ring is 1. The number of aliphatic hydroxyl groups excluding tert-OH is 1. The molecule has 0 unspecified atom stereocenters. The van der Waals surface area contributed by atoms with E-state index >= 15 is 0 Å². The van der Waals surface area contributed by atoms with Crippen molar-refractivity contribution in [2.75, 3.05) is 5.73 Å². The quantitative estimate of drug-likeness (QED) is 0.886. The number of aliphatic hydroxyl groups is 1. The summed E-state index contributed by atoms with van der Waals surface area (Å²) in [5.74, 6) is 1.41. The maximum atomic E-state index is 9.12. The van der Waals surface area contributed by atoms with Crippen LogP contribution in [0.25, 0.3) is 0 Å². The van der Waals surface area contributed by atoms with E-state index < -0.39 is 0 Å². The van der Waals surface area contributed by atoms with Gasteiger partial charge < -0.3 is 15.6 Å². The van der Waals surface area contributed by atoms with Gasteiger partial charge >= 0.3 is 0 Å². The van der Waals surface area contributed by atoms with Crippen molar-refractivity contribution < 1.29 is 9.84 Å². The van der Waals surface area contributed by atoms with Crippen LogP contribution in [0.3, 0.4) is 0 Å². The maximum absolute atomic E-state index is 9.12. The molecule has 1 aromatic carbocycles. The van der Waals surface area contributed by atoms with Crippen LogP contribution in [-0.4, -0.2) is 14.9 Å². The molecule has 0 spiro atoms. The molecule has 0 aliphatic carbocycles. The molecule has 102 valence electrons. The van der Waals surface area contributed by atoms with E-state index in [1.54, 1.807) is 17.8 Å². The molecule has 0 atom stereocenters. The zero-order valence-corrected chi connectivity index (χ0v) is 11.4. The zero-order chi connectivity index (χ0) is 14.0. The Bertz CT molecular complexity index is 576. The summed E-state index contributed by atoms with van der Waals surface area (Å²) >= 11 is 0. The Morgan fingerprint density at radius 3 is 2.74 bits per heavy atom. The number of anilines is 1. The Morgan fingerprint density at radius 1 is 1.42 bits per heavy atom. The van der Waals surface area contributed by atoms with Crippen LogP contribution in [0.15, 0.2) is 24.3 Å². The Kier molecular flexibility index (Phi) is 3.76. The van der Waals surface area contributed by atoms with Gasteiger partial charge in [-0.15, -0.1) is 0 Å². The van der Waals surface area contributed by atoms with E-state index in [0.29, 0.717) is 17.3 Å². The van der Waals surface area contributed by atoms with Crippen molar-refractivity contribution in [1.82, 2.24) is 9.78 Å². The minimum absolute atomic E-state index is 0.0185. The molecule has 0 aliphatic heterocycles. The van der Waals surface area contributed by atoms with Gasteiger partial charge in [-0.25, -0.2) is 4.68 Å². The van der Waals surface area contributed by atoms with Crippen molar-refractivity contribution in [3.05, 3.63) is 35.5 Å². The first-order valence-corrected chi connectivity index (χ1v) is 6.23. The molecule has 0 fully saturated rings. The standard InChI is InChI=1S/C14H19N3O2/c1-9(2)13-12(15)14(17(3)16-13)19-11-6-4-5-10(7-11)8-18/h4-7,9,18H,8,15H2,1-3H3. The fourth-order valence-electron chi connectivity index (χ4n) is 1.91. The predicted octanol–water partition coefficient (Wildman–Crippen LogP) is 2.41. The minimum atomic E-state index is -0.0185. The summed E-state index contributed by atoms with van der Waals surface area (Å²) in [4.78, 5) is 0. The van der Waals surface area contributed by atoms with Gasteiger partial charge in [0, 0.05) is 7.05 Å². The van der Waals surface area contributed by atoms with E-state index in [1.165, 1.54) is 0 Å². The van der Waals surface area contributed by atoms with Gasteiger partial charge in [0.25, 0.3) is 0 Å².